The molecule has 0 bridgehead atoms. The van der Waals surface area contributed by atoms with Crippen molar-refractivity contribution >= 4 is 23.4 Å². The van der Waals surface area contributed by atoms with E-state index in [2.05, 4.69) is 4.74 Å². The smallest absolute Gasteiger partial charge is 0.338 e. The minimum atomic E-state index is -0.740. The third-order valence-electron chi connectivity index (χ3n) is 4.60. The molecule has 0 aliphatic rings. The summed E-state index contributed by atoms with van der Waals surface area (Å²) in [6.45, 7) is 4.99. The SMILES string of the molecule is COC(=O)CCn1c(C)cc(C(=O)COC(=O)c2ccc([N+](=O)[O-])c(C)c2)c1C. The highest BCUT2D eigenvalue weighted by Gasteiger charge is 2.19. The maximum absolute atomic E-state index is 12.5. The first-order chi connectivity index (χ1) is 13.6. The molecule has 0 amide bonds. The van der Waals surface area contributed by atoms with Gasteiger partial charge in [0.15, 0.2) is 6.61 Å². The molecule has 0 aliphatic carbocycles. The maximum atomic E-state index is 12.5. The lowest BCUT2D eigenvalue weighted by molar-refractivity contribution is -0.385. The van der Waals surface area contributed by atoms with Gasteiger partial charge in [-0.05, 0) is 39.0 Å². The topological polar surface area (TPSA) is 118 Å². The summed E-state index contributed by atoms with van der Waals surface area (Å²) >= 11 is 0. The molecule has 0 radical (unpaired) electrons. The van der Waals surface area contributed by atoms with Crippen LogP contribution in [0.4, 0.5) is 5.69 Å². The summed E-state index contributed by atoms with van der Waals surface area (Å²) in [5.41, 5.74) is 2.22. The first-order valence-electron chi connectivity index (χ1n) is 8.84. The van der Waals surface area contributed by atoms with Gasteiger partial charge in [-0.3, -0.25) is 19.7 Å². The van der Waals surface area contributed by atoms with Crippen LogP contribution in [0.1, 0.15) is 44.1 Å². The Labute approximate surface area is 167 Å². The number of Topliss-reactive ketones (excluding diaryl/α,β-unsaturated/α-hetero) is 1. The Morgan fingerprint density at radius 3 is 2.41 bits per heavy atom. The van der Waals surface area contributed by atoms with Crippen LogP contribution in [0, 0.1) is 30.9 Å². The van der Waals surface area contributed by atoms with Crippen molar-refractivity contribution in [3.05, 3.63) is 62.5 Å². The van der Waals surface area contributed by atoms with Crippen molar-refractivity contribution in [2.45, 2.75) is 33.7 Å². The monoisotopic (exact) mass is 402 g/mol. The average Bonchev–Trinajstić information content (AvgIpc) is 2.97. The molecule has 1 heterocycles. The average molecular weight is 402 g/mol. The molecule has 9 heteroatoms. The van der Waals surface area contributed by atoms with Gasteiger partial charge in [-0.15, -0.1) is 0 Å². The number of rotatable bonds is 8. The minimum absolute atomic E-state index is 0.1000. The molecule has 0 N–H and O–H groups in total. The zero-order chi connectivity index (χ0) is 21.7. The number of hydrogen-bond donors (Lipinski definition) is 0. The van der Waals surface area contributed by atoms with Crippen molar-refractivity contribution in [2.24, 2.45) is 0 Å². The maximum Gasteiger partial charge on any atom is 0.338 e. The predicted octanol–water partition coefficient (Wildman–Crippen LogP) is 2.92. The first-order valence-corrected chi connectivity index (χ1v) is 8.84. The number of ether oxygens (including phenoxy) is 2. The molecule has 0 aliphatic heterocycles. The third-order valence-corrected chi connectivity index (χ3v) is 4.60. The number of esters is 2. The molecule has 9 nitrogen and oxygen atoms in total. The number of aromatic nitrogens is 1. The number of benzene rings is 1. The van der Waals surface area contributed by atoms with Gasteiger partial charge in [0.2, 0.25) is 5.78 Å². The number of aryl methyl sites for hydroxylation is 2. The molecule has 0 fully saturated rings. The molecule has 29 heavy (non-hydrogen) atoms. The Kier molecular flexibility index (Phi) is 6.87. The van der Waals surface area contributed by atoms with E-state index in [0.717, 1.165) is 5.69 Å². The highest BCUT2D eigenvalue weighted by atomic mass is 16.6. The van der Waals surface area contributed by atoms with Crippen LogP contribution in [-0.4, -0.2) is 40.9 Å². The number of carbonyl (C=O) groups is 3. The van der Waals surface area contributed by atoms with E-state index >= 15 is 0 Å². The Bertz CT molecular complexity index is 975. The second-order valence-corrected chi connectivity index (χ2v) is 6.52. The van der Waals surface area contributed by atoms with Crippen LogP contribution in [0.15, 0.2) is 24.3 Å². The van der Waals surface area contributed by atoms with E-state index in [1.54, 1.807) is 13.0 Å². The van der Waals surface area contributed by atoms with Crippen LogP contribution >= 0.6 is 0 Å². The molecule has 2 rings (SSSR count). The van der Waals surface area contributed by atoms with Crippen LogP contribution < -0.4 is 0 Å². The molecular formula is C20H22N2O7. The van der Waals surface area contributed by atoms with Crippen LogP contribution in [-0.2, 0) is 20.8 Å². The first kappa shape index (κ1) is 21.8. The molecule has 0 atom stereocenters. The van der Waals surface area contributed by atoms with Crippen LogP contribution in [0.5, 0.6) is 0 Å². The largest absolute Gasteiger partial charge is 0.469 e. The lowest BCUT2D eigenvalue weighted by Crippen LogP contribution is -2.15. The summed E-state index contributed by atoms with van der Waals surface area (Å²) in [5.74, 6) is -1.47. The van der Waals surface area contributed by atoms with Crippen molar-refractivity contribution in [1.29, 1.82) is 0 Å². The van der Waals surface area contributed by atoms with Gasteiger partial charge in [-0.1, -0.05) is 0 Å². The number of methoxy groups -OCH3 is 1. The molecule has 0 saturated carbocycles. The quantitative estimate of drug-likeness (QED) is 0.288. The Morgan fingerprint density at radius 2 is 1.83 bits per heavy atom. The predicted molar refractivity (Wildman–Crippen MR) is 103 cm³/mol. The second kappa shape index (κ2) is 9.13. The van der Waals surface area contributed by atoms with E-state index in [-0.39, 0.29) is 29.4 Å². The van der Waals surface area contributed by atoms with Crippen LogP contribution in [0.25, 0.3) is 0 Å². The molecular weight excluding hydrogens is 380 g/mol. The molecule has 154 valence electrons. The Hall–Kier alpha value is -3.49. The van der Waals surface area contributed by atoms with E-state index < -0.39 is 17.5 Å². The zero-order valence-electron chi connectivity index (χ0n) is 16.7. The van der Waals surface area contributed by atoms with Crippen molar-refractivity contribution < 1.29 is 28.8 Å². The highest BCUT2D eigenvalue weighted by molar-refractivity contribution is 6.00. The summed E-state index contributed by atoms with van der Waals surface area (Å²) in [7, 11) is 1.31. The standard InChI is InChI=1S/C20H22N2O7/c1-12-9-15(5-6-17(12)22(26)27)20(25)29-11-18(23)16-10-13(2)21(14(16)3)8-7-19(24)28-4/h5-6,9-10H,7-8,11H2,1-4H3. The van der Waals surface area contributed by atoms with E-state index in [0.29, 0.717) is 23.4 Å². The van der Waals surface area contributed by atoms with Crippen LogP contribution in [0.3, 0.4) is 0 Å². The van der Waals surface area contributed by atoms with Crippen molar-refractivity contribution in [3.63, 3.8) is 0 Å². The number of nitrogens with zero attached hydrogens (tertiary/aromatic N) is 2. The normalized spacial score (nSPS) is 10.5. The molecule has 2 aromatic rings. The number of ketones is 1. The number of nitro benzene ring substituents is 1. The van der Waals surface area contributed by atoms with Gasteiger partial charge in [-0.2, -0.15) is 0 Å². The van der Waals surface area contributed by atoms with Crippen molar-refractivity contribution in [1.82, 2.24) is 4.57 Å². The van der Waals surface area contributed by atoms with Gasteiger partial charge in [0.05, 0.1) is 24.0 Å². The van der Waals surface area contributed by atoms with Crippen molar-refractivity contribution in [3.8, 4) is 0 Å². The Morgan fingerprint density at radius 1 is 1.14 bits per heavy atom. The van der Waals surface area contributed by atoms with Gasteiger partial charge in [0.25, 0.3) is 5.69 Å². The lowest BCUT2D eigenvalue weighted by atomic mass is 10.1. The summed E-state index contributed by atoms with van der Waals surface area (Å²) < 4.78 is 11.5. The summed E-state index contributed by atoms with van der Waals surface area (Å²) in [6.07, 6.45) is 0.176. The van der Waals surface area contributed by atoms with Gasteiger partial charge in [0, 0.05) is 35.1 Å². The zero-order valence-corrected chi connectivity index (χ0v) is 16.7. The summed E-state index contributed by atoms with van der Waals surface area (Å²) in [5, 5.41) is 10.9. The molecule has 1 aromatic heterocycles. The number of hydrogen-bond acceptors (Lipinski definition) is 7. The summed E-state index contributed by atoms with van der Waals surface area (Å²) in [4.78, 5) is 46.3. The van der Waals surface area contributed by atoms with Gasteiger partial charge in [-0.25, -0.2) is 4.79 Å². The number of carbonyl (C=O) groups excluding carboxylic acids is 3. The molecule has 0 spiro atoms. The van der Waals surface area contributed by atoms with E-state index in [9.17, 15) is 24.5 Å². The molecule has 0 saturated heterocycles. The highest BCUT2D eigenvalue weighted by Crippen LogP contribution is 2.20. The minimum Gasteiger partial charge on any atom is -0.469 e. The summed E-state index contributed by atoms with van der Waals surface area (Å²) in [6, 6.07) is 5.54. The fourth-order valence-electron chi connectivity index (χ4n) is 3.01. The van der Waals surface area contributed by atoms with Gasteiger partial charge in [0.1, 0.15) is 0 Å². The van der Waals surface area contributed by atoms with Crippen molar-refractivity contribution in [2.75, 3.05) is 13.7 Å². The van der Waals surface area contributed by atoms with E-state index in [1.807, 2.05) is 11.5 Å². The van der Waals surface area contributed by atoms with Gasteiger partial charge >= 0.3 is 11.9 Å². The molecule has 0 unspecified atom stereocenters. The lowest BCUT2D eigenvalue weighted by Gasteiger charge is -2.09. The third kappa shape index (κ3) is 5.07. The fourth-order valence-corrected chi connectivity index (χ4v) is 3.01. The van der Waals surface area contributed by atoms with Crippen LogP contribution in [0.2, 0.25) is 0 Å². The Balaban J connectivity index is 2.05. The van der Waals surface area contributed by atoms with Gasteiger partial charge < -0.3 is 14.0 Å². The molecule has 1 aromatic carbocycles. The number of nitro groups is 1. The second-order valence-electron chi connectivity index (χ2n) is 6.52. The van der Waals surface area contributed by atoms with E-state index in [4.69, 9.17) is 4.74 Å². The fraction of sp³-hybridized carbons (Fsp3) is 0.350. The van der Waals surface area contributed by atoms with E-state index in [1.165, 1.54) is 32.2 Å².